The second-order valence-electron chi connectivity index (χ2n) is 5.81. The Balaban J connectivity index is 2.19. The summed E-state index contributed by atoms with van der Waals surface area (Å²) in [6, 6.07) is 10.1. The Labute approximate surface area is 134 Å². The number of pyridine rings is 1. The Hall–Kier alpha value is -2.69. The van der Waals surface area contributed by atoms with Gasteiger partial charge in [-0.3, -0.25) is 4.79 Å². The molecule has 0 aliphatic rings. The lowest BCUT2D eigenvalue weighted by Crippen LogP contribution is -2.24. The maximum atomic E-state index is 13.2. The van der Waals surface area contributed by atoms with E-state index in [1.165, 1.54) is 12.1 Å². The van der Waals surface area contributed by atoms with Gasteiger partial charge in [0.05, 0.1) is 17.8 Å². The van der Waals surface area contributed by atoms with Crippen molar-refractivity contribution in [3.05, 3.63) is 59.7 Å². The summed E-state index contributed by atoms with van der Waals surface area (Å²) in [6.07, 6.45) is 2.21. The third kappa shape index (κ3) is 2.95. The van der Waals surface area contributed by atoms with Crippen molar-refractivity contribution in [3.63, 3.8) is 0 Å². The largest absolute Gasteiger partial charge is 0.348 e. The van der Waals surface area contributed by atoms with Gasteiger partial charge in [-0.25, -0.2) is 9.37 Å². The summed E-state index contributed by atoms with van der Waals surface area (Å²) >= 11 is 0. The number of aromatic nitrogens is 2. The van der Waals surface area contributed by atoms with E-state index in [9.17, 15) is 9.18 Å². The Morgan fingerprint density at radius 3 is 2.52 bits per heavy atom. The zero-order valence-electron chi connectivity index (χ0n) is 13.4. The van der Waals surface area contributed by atoms with Crippen LogP contribution in [0, 0.1) is 12.7 Å². The van der Waals surface area contributed by atoms with Crippen LogP contribution in [-0.2, 0) is 11.2 Å². The minimum atomic E-state index is -0.292. The molecule has 0 aliphatic heterocycles. The summed E-state index contributed by atoms with van der Waals surface area (Å²) in [5.41, 5.74) is 4.18. The summed E-state index contributed by atoms with van der Waals surface area (Å²) in [4.78, 5) is 18.4. The van der Waals surface area contributed by atoms with Crippen LogP contribution in [-0.4, -0.2) is 34.3 Å². The molecule has 0 radical (unpaired) electrons. The molecule has 3 aromatic rings. The Morgan fingerprint density at radius 2 is 1.87 bits per heavy atom. The number of fused-ring (bicyclic) bond motifs is 1. The molecular formula is C18H18FN3O. The molecule has 23 heavy (non-hydrogen) atoms. The fraction of sp³-hybridized carbons (Fsp3) is 0.222. The summed E-state index contributed by atoms with van der Waals surface area (Å²) in [5.74, 6) is -0.295. The van der Waals surface area contributed by atoms with Crippen LogP contribution < -0.4 is 0 Å². The quantitative estimate of drug-likeness (QED) is 0.745. The number of hydrogen-bond acceptors (Lipinski definition) is 2. The van der Waals surface area contributed by atoms with E-state index in [2.05, 4.69) is 4.98 Å². The first-order chi connectivity index (χ1) is 11.0. The van der Waals surface area contributed by atoms with E-state index in [0.29, 0.717) is 5.69 Å². The molecule has 2 aromatic heterocycles. The number of aryl methyl sites for hydroxylation is 1. The third-order valence-corrected chi connectivity index (χ3v) is 3.80. The average Bonchev–Trinajstić information content (AvgIpc) is 2.86. The smallest absolute Gasteiger partial charge is 0.228 e. The highest BCUT2D eigenvalue weighted by atomic mass is 19.1. The van der Waals surface area contributed by atoms with Gasteiger partial charge in [0.1, 0.15) is 11.5 Å². The zero-order chi connectivity index (χ0) is 16.6. The number of imidazole rings is 1. The molecular weight excluding hydrogens is 293 g/mol. The monoisotopic (exact) mass is 311 g/mol. The number of amides is 1. The van der Waals surface area contributed by atoms with E-state index in [1.807, 2.05) is 29.7 Å². The molecule has 1 amide bonds. The number of carbonyl (C=O) groups is 1. The molecule has 0 atom stereocenters. The van der Waals surface area contributed by atoms with Crippen molar-refractivity contribution in [3.8, 4) is 11.3 Å². The highest BCUT2D eigenvalue weighted by Gasteiger charge is 2.18. The number of benzene rings is 1. The highest BCUT2D eigenvalue weighted by molar-refractivity contribution is 5.81. The first-order valence-electron chi connectivity index (χ1n) is 7.39. The second kappa shape index (κ2) is 5.83. The van der Waals surface area contributed by atoms with Crippen LogP contribution in [0.4, 0.5) is 4.39 Å². The molecule has 1 aromatic carbocycles. The molecule has 0 aliphatic carbocycles. The molecule has 0 bridgehead atoms. The Kier molecular flexibility index (Phi) is 3.86. The van der Waals surface area contributed by atoms with Crippen LogP contribution >= 0.6 is 0 Å². The number of hydrogen-bond donors (Lipinski definition) is 0. The SMILES string of the molecule is Cc1ccc2nc(-c3ccc(F)cc3)c(CC(=O)N(C)C)n2c1. The molecule has 0 fully saturated rings. The van der Waals surface area contributed by atoms with Gasteiger partial charge in [-0.2, -0.15) is 0 Å². The van der Waals surface area contributed by atoms with Crippen molar-refractivity contribution in [2.24, 2.45) is 0 Å². The molecule has 5 heteroatoms. The molecule has 0 saturated heterocycles. The van der Waals surface area contributed by atoms with Crippen molar-refractivity contribution < 1.29 is 9.18 Å². The lowest BCUT2D eigenvalue weighted by molar-refractivity contribution is -0.128. The van der Waals surface area contributed by atoms with Gasteiger partial charge in [-0.15, -0.1) is 0 Å². The molecule has 3 rings (SSSR count). The fourth-order valence-electron chi connectivity index (χ4n) is 2.51. The first kappa shape index (κ1) is 15.2. The van der Waals surface area contributed by atoms with E-state index in [4.69, 9.17) is 0 Å². The zero-order valence-corrected chi connectivity index (χ0v) is 13.4. The summed E-state index contributed by atoms with van der Waals surface area (Å²) < 4.78 is 15.1. The molecule has 0 N–H and O–H groups in total. The fourth-order valence-corrected chi connectivity index (χ4v) is 2.51. The van der Waals surface area contributed by atoms with Crippen molar-refractivity contribution >= 4 is 11.6 Å². The van der Waals surface area contributed by atoms with Gasteiger partial charge < -0.3 is 9.30 Å². The summed E-state index contributed by atoms with van der Waals surface area (Å²) in [6.45, 7) is 1.99. The minimum Gasteiger partial charge on any atom is -0.348 e. The number of likely N-dealkylation sites (N-methyl/N-ethyl adjacent to an activating group) is 1. The van der Waals surface area contributed by atoms with Crippen LogP contribution in [0.2, 0.25) is 0 Å². The van der Waals surface area contributed by atoms with Crippen LogP contribution in [0.15, 0.2) is 42.6 Å². The number of rotatable bonds is 3. The first-order valence-corrected chi connectivity index (χ1v) is 7.39. The van der Waals surface area contributed by atoms with Gasteiger partial charge in [0.25, 0.3) is 0 Å². The van der Waals surface area contributed by atoms with Gasteiger partial charge in [0, 0.05) is 25.9 Å². The van der Waals surface area contributed by atoms with Crippen molar-refractivity contribution in [2.45, 2.75) is 13.3 Å². The average molecular weight is 311 g/mol. The van der Waals surface area contributed by atoms with E-state index in [0.717, 1.165) is 22.5 Å². The van der Waals surface area contributed by atoms with Gasteiger partial charge in [-0.1, -0.05) is 6.07 Å². The standard InChI is InChI=1S/C18H18FN3O/c1-12-4-9-16-20-18(13-5-7-14(19)8-6-13)15(22(16)11-12)10-17(23)21(2)3/h4-9,11H,10H2,1-3H3. The van der Waals surface area contributed by atoms with Gasteiger partial charge >= 0.3 is 0 Å². The maximum Gasteiger partial charge on any atom is 0.228 e. The van der Waals surface area contributed by atoms with Gasteiger partial charge in [0.15, 0.2) is 0 Å². The lowest BCUT2D eigenvalue weighted by atomic mass is 10.1. The van der Waals surface area contributed by atoms with E-state index in [-0.39, 0.29) is 18.1 Å². The molecule has 118 valence electrons. The highest BCUT2D eigenvalue weighted by Crippen LogP contribution is 2.26. The topological polar surface area (TPSA) is 37.6 Å². The van der Waals surface area contributed by atoms with Crippen LogP contribution in [0.3, 0.4) is 0 Å². The number of nitrogens with zero attached hydrogens (tertiary/aromatic N) is 3. The second-order valence-corrected chi connectivity index (χ2v) is 5.81. The van der Waals surface area contributed by atoms with Crippen LogP contribution in [0.5, 0.6) is 0 Å². The van der Waals surface area contributed by atoms with E-state index < -0.39 is 0 Å². The Morgan fingerprint density at radius 1 is 1.17 bits per heavy atom. The normalized spacial score (nSPS) is 11.0. The summed E-state index contributed by atoms with van der Waals surface area (Å²) in [7, 11) is 3.46. The van der Waals surface area contributed by atoms with E-state index in [1.54, 1.807) is 31.1 Å². The summed E-state index contributed by atoms with van der Waals surface area (Å²) in [5, 5.41) is 0. The lowest BCUT2D eigenvalue weighted by Gasteiger charge is -2.11. The van der Waals surface area contributed by atoms with E-state index >= 15 is 0 Å². The van der Waals surface area contributed by atoms with Gasteiger partial charge in [-0.05, 0) is 42.8 Å². The predicted octanol–water partition coefficient (Wildman–Crippen LogP) is 3.08. The Bertz CT molecular complexity index is 866. The van der Waals surface area contributed by atoms with Gasteiger partial charge in [0.2, 0.25) is 5.91 Å². The molecule has 0 unspecified atom stereocenters. The minimum absolute atomic E-state index is 0.00309. The maximum absolute atomic E-state index is 13.2. The predicted molar refractivity (Wildman–Crippen MR) is 87.7 cm³/mol. The molecule has 0 saturated carbocycles. The van der Waals surface area contributed by atoms with Crippen molar-refractivity contribution in [1.82, 2.24) is 14.3 Å². The van der Waals surface area contributed by atoms with Crippen LogP contribution in [0.25, 0.3) is 16.9 Å². The third-order valence-electron chi connectivity index (χ3n) is 3.80. The van der Waals surface area contributed by atoms with Crippen molar-refractivity contribution in [2.75, 3.05) is 14.1 Å². The number of carbonyl (C=O) groups excluding carboxylic acids is 1. The number of halogens is 1. The van der Waals surface area contributed by atoms with Crippen molar-refractivity contribution in [1.29, 1.82) is 0 Å². The molecule has 0 spiro atoms. The van der Waals surface area contributed by atoms with Crippen LogP contribution in [0.1, 0.15) is 11.3 Å². The molecule has 4 nitrogen and oxygen atoms in total. The molecule has 2 heterocycles.